The van der Waals surface area contributed by atoms with Gasteiger partial charge >= 0.3 is 6.18 Å². The van der Waals surface area contributed by atoms with Gasteiger partial charge in [0.05, 0.1) is 23.0 Å². The van der Waals surface area contributed by atoms with Crippen LogP contribution in [0.2, 0.25) is 0 Å². The molecule has 1 amide bonds. The highest BCUT2D eigenvalue weighted by atomic mass is 32.2. The molecule has 162 valence electrons. The highest BCUT2D eigenvalue weighted by Crippen LogP contribution is 2.52. The molecule has 1 N–H and O–H groups in total. The van der Waals surface area contributed by atoms with Crippen molar-refractivity contribution in [3.8, 4) is 5.88 Å². The van der Waals surface area contributed by atoms with Gasteiger partial charge < -0.3 is 4.74 Å². The summed E-state index contributed by atoms with van der Waals surface area (Å²) in [5.74, 6) is -1.07. The zero-order valence-corrected chi connectivity index (χ0v) is 17.0. The lowest BCUT2D eigenvalue weighted by Gasteiger charge is -2.19. The fraction of sp³-hybridized carbons (Fsp3) is 0.238. The molecule has 31 heavy (non-hydrogen) atoms. The average molecular weight is 450 g/mol. The zero-order chi connectivity index (χ0) is 22.4. The summed E-state index contributed by atoms with van der Waals surface area (Å²) in [4.78, 5) is 16.6. The summed E-state index contributed by atoms with van der Waals surface area (Å²) >= 11 is 0. The van der Waals surface area contributed by atoms with Crippen molar-refractivity contribution in [3.05, 3.63) is 65.9 Å². The lowest BCUT2D eigenvalue weighted by molar-refractivity contribution is -0.138. The number of hydrogen-bond donors (Lipinski definition) is 1. The predicted octanol–water partition coefficient (Wildman–Crippen LogP) is 3.80. The molecule has 6 nitrogen and oxygen atoms in total. The number of amides is 1. The lowest BCUT2D eigenvalue weighted by Crippen LogP contribution is -2.39. The van der Waals surface area contributed by atoms with E-state index in [9.17, 15) is 26.4 Å². The lowest BCUT2D eigenvalue weighted by atomic mass is 9.95. The van der Waals surface area contributed by atoms with Crippen LogP contribution in [0.1, 0.15) is 24.0 Å². The van der Waals surface area contributed by atoms with Gasteiger partial charge in [0, 0.05) is 17.1 Å². The first kappa shape index (κ1) is 21.1. The number of rotatable bonds is 5. The van der Waals surface area contributed by atoms with Crippen molar-refractivity contribution < 1.29 is 31.1 Å². The summed E-state index contributed by atoms with van der Waals surface area (Å²) in [5, 5.41) is 1.09. The van der Waals surface area contributed by atoms with Crippen molar-refractivity contribution in [3.63, 3.8) is 0 Å². The topological polar surface area (TPSA) is 85.4 Å². The molecule has 1 heterocycles. The van der Waals surface area contributed by atoms with Crippen LogP contribution >= 0.6 is 0 Å². The Morgan fingerprint density at radius 1 is 1.13 bits per heavy atom. The number of alkyl halides is 3. The standard InChI is InChI=1S/C21H17F3N2O4S/c1-30-18-16(11-14(12-25-18)21(22,23)24)20(9-10-20)19(27)26-31(28,29)17-8-4-6-13-5-2-3-7-15(13)17/h2-8,11-12H,9-10H2,1H3,(H,26,27). The fourth-order valence-electron chi connectivity index (χ4n) is 3.56. The van der Waals surface area contributed by atoms with Gasteiger partial charge in [-0.15, -0.1) is 0 Å². The number of nitrogens with zero attached hydrogens (tertiary/aromatic N) is 1. The first-order chi connectivity index (χ1) is 14.6. The quantitative estimate of drug-likeness (QED) is 0.639. The Bertz CT molecular complexity index is 1280. The predicted molar refractivity (Wildman–Crippen MR) is 106 cm³/mol. The van der Waals surface area contributed by atoms with Crippen LogP contribution in [0.4, 0.5) is 13.2 Å². The minimum absolute atomic E-state index is 0.0876. The molecular formula is C21H17F3N2O4S. The number of carbonyl (C=O) groups is 1. The van der Waals surface area contributed by atoms with Crippen LogP contribution in [-0.4, -0.2) is 26.4 Å². The number of sulfonamides is 1. The first-order valence-electron chi connectivity index (χ1n) is 9.25. The van der Waals surface area contributed by atoms with Crippen molar-refractivity contribution in [2.45, 2.75) is 29.3 Å². The molecule has 0 unspecified atom stereocenters. The Kier molecular flexibility index (Phi) is 4.92. The second kappa shape index (κ2) is 7.23. The van der Waals surface area contributed by atoms with Gasteiger partial charge in [0.25, 0.3) is 10.0 Å². The van der Waals surface area contributed by atoms with Crippen LogP contribution in [0, 0.1) is 0 Å². The van der Waals surface area contributed by atoms with E-state index >= 15 is 0 Å². The van der Waals surface area contributed by atoms with Gasteiger partial charge in [-0.1, -0.05) is 36.4 Å². The Hall–Kier alpha value is -3.14. The Labute approximate surface area is 176 Å². The number of methoxy groups -OCH3 is 1. The molecular weight excluding hydrogens is 433 g/mol. The Balaban J connectivity index is 1.72. The SMILES string of the molecule is COc1ncc(C(F)(F)F)cc1C1(C(=O)NS(=O)(=O)c2cccc3ccccc23)CC1. The van der Waals surface area contributed by atoms with Gasteiger partial charge in [0.15, 0.2) is 0 Å². The summed E-state index contributed by atoms with van der Waals surface area (Å²) in [7, 11) is -3.06. The van der Waals surface area contributed by atoms with Crippen molar-refractivity contribution in [2.24, 2.45) is 0 Å². The third-order valence-corrected chi connectivity index (χ3v) is 6.73. The van der Waals surface area contributed by atoms with Gasteiger partial charge in [-0.2, -0.15) is 13.2 Å². The van der Waals surface area contributed by atoms with Gasteiger partial charge in [0.1, 0.15) is 0 Å². The summed E-state index contributed by atoms with van der Waals surface area (Å²) in [6.07, 6.45) is -3.72. The van der Waals surface area contributed by atoms with Crippen LogP contribution in [0.5, 0.6) is 5.88 Å². The molecule has 10 heteroatoms. The molecule has 0 saturated heterocycles. The fourth-order valence-corrected chi connectivity index (χ4v) is 4.84. The monoisotopic (exact) mass is 450 g/mol. The Morgan fingerprint density at radius 3 is 2.45 bits per heavy atom. The van der Waals surface area contributed by atoms with Crippen LogP contribution < -0.4 is 9.46 Å². The number of pyridine rings is 1. The zero-order valence-electron chi connectivity index (χ0n) is 16.2. The van der Waals surface area contributed by atoms with E-state index in [-0.39, 0.29) is 29.2 Å². The molecule has 0 atom stereocenters. The smallest absolute Gasteiger partial charge is 0.417 e. The van der Waals surface area contributed by atoms with Crippen molar-refractivity contribution in [1.82, 2.24) is 9.71 Å². The summed E-state index contributed by atoms with van der Waals surface area (Å²) in [5.41, 5.74) is -2.59. The number of nitrogens with one attached hydrogen (secondary N) is 1. The number of benzene rings is 2. The molecule has 0 radical (unpaired) electrons. The minimum Gasteiger partial charge on any atom is -0.481 e. The first-order valence-corrected chi connectivity index (χ1v) is 10.7. The number of hydrogen-bond acceptors (Lipinski definition) is 5. The molecule has 2 aromatic carbocycles. The van der Waals surface area contributed by atoms with E-state index < -0.39 is 33.1 Å². The molecule has 0 spiro atoms. The Morgan fingerprint density at radius 2 is 1.81 bits per heavy atom. The van der Waals surface area contributed by atoms with Crippen molar-refractivity contribution in [1.29, 1.82) is 0 Å². The maximum Gasteiger partial charge on any atom is 0.417 e. The van der Waals surface area contributed by atoms with Gasteiger partial charge in [-0.25, -0.2) is 18.1 Å². The maximum atomic E-state index is 13.2. The third-order valence-electron chi connectivity index (χ3n) is 5.34. The molecule has 1 fully saturated rings. The maximum absolute atomic E-state index is 13.2. The van der Waals surface area contributed by atoms with Crippen molar-refractivity contribution >= 4 is 26.7 Å². The van der Waals surface area contributed by atoms with Gasteiger partial charge in [-0.05, 0) is 30.4 Å². The van der Waals surface area contributed by atoms with Crippen LogP contribution in [0.3, 0.4) is 0 Å². The summed E-state index contributed by atoms with van der Waals surface area (Å²) in [6, 6.07) is 12.2. The second-order valence-corrected chi connectivity index (χ2v) is 8.92. The molecule has 3 aromatic rings. The van der Waals surface area contributed by atoms with Gasteiger partial charge in [0.2, 0.25) is 11.8 Å². The normalized spacial score (nSPS) is 15.5. The number of aromatic nitrogens is 1. The molecule has 0 bridgehead atoms. The van der Waals surface area contributed by atoms with Crippen LogP contribution in [-0.2, 0) is 26.4 Å². The van der Waals surface area contributed by atoms with Crippen LogP contribution in [0.25, 0.3) is 10.8 Å². The minimum atomic E-state index is -4.67. The summed E-state index contributed by atoms with van der Waals surface area (Å²) in [6.45, 7) is 0. The molecule has 1 aliphatic rings. The number of fused-ring (bicyclic) bond motifs is 1. The molecule has 1 aliphatic carbocycles. The van der Waals surface area contributed by atoms with E-state index in [4.69, 9.17) is 4.74 Å². The van der Waals surface area contributed by atoms with E-state index in [1.165, 1.54) is 13.2 Å². The van der Waals surface area contributed by atoms with E-state index in [2.05, 4.69) is 4.98 Å². The molecule has 1 saturated carbocycles. The van der Waals surface area contributed by atoms with Crippen molar-refractivity contribution in [2.75, 3.05) is 7.11 Å². The number of ether oxygens (including phenoxy) is 1. The van der Waals surface area contributed by atoms with Crippen LogP contribution in [0.15, 0.2) is 59.6 Å². The van der Waals surface area contributed by atoms with E-state index in [1.807, 2.05) is 4.72 Å². The van der Waals surface area contributed by atoms with Gasteiger partial charge in [-0.3, -0.25) is 4.79 Å². The number of carbonyl (C=O) groups excluding carboxylic acids is 1. The largest absolute Gasteiger partial charge is 0.481 e. The summed E-state index contributed by atoms with van der Waals surface area (Å²) < 4.78 is 72.6. The third kappa shape index (κ3) is 3.71. The second-order valence-electron chi connectivity index (χ2n) is 7.27. The van der Waals surface area contributed by atoms with E-state index in [0.717, 1.165) is 6.07 Å². The highest BCUT2D eigenvalue weighted by molar-refractivity contribution is 7.90. The average Bonchev–Trinajstić information content (AvgIpc) is 3.54. The molecule has 0 aliphatic heterocycles. The molecule has 1 aromatic heterocycles. The number of halogens is 3. The molecule has 4 rings (SSSR count). The van der Waals surface area contributed by atoms with E-state index in [1.54, 1.807) is 36.4 Å². The van der Waals surface area contributed by atoms with E-state index in [0.29, 0.717) is 17.0 Å². The highest BCUT2D eigenvalue weighted by Gasteiger charge is 2.55.